The molecule has 1 aromatic carbocycles. The van der Waals surface area contributed by atoms with Crippen LogP contribution in [0.25, 0.3) is 10.8 Å². The van der Waals surface area contributed by atoms with Crippen molar-refractivity contribution in [2.75, 3.05) is 5.32 Å². The van der Waals surface area contributed by atoms with Gasteiger partial charge in [-0.25, -0.2) is 4.98 Å². The Morgan fingerprint density at radius 2 is 1.95 bits per heavy atom. The van der Waals surface area contributed by atoms with E-state index in [0.717, 1.165) is 22.4 Å². The number of nitrogens with one attached hydrogen (secondary N) is 1. The number of hydrogen-bond donors (Lipinski definition) is 1. The van der Waals surface area contributed by atoms with Crippen molar-refractivity contribution in [2.24, 2.45) is 0 Å². The van der Waals surface area contributed by atoms with Gasteiger partial charge in [0.2, 0.25) is 4.74 Å². The first-order valence-electron chi connectivity index (χ1n) is 6.41. The largest absolute Gasteiger partial charge is 0.306 e. The molecule has 0 radical (unpaired) electrons. The minimum absolute atomic E-state index is 0.115. The van der Waals surface area contributed by atoms with Gasteiger partial charge in [-0.15, -0.1) is 0 Å². The molecule has 2 heterocycles. The van der Waals surface area contributed by atoms with Crippen molar-refractivity contribution in [3.05, 3.63) is 68.6 Å². The lowest BCUT2D eigenvalue weighted by Crippen LogP contribution is -2.13. The van der Waals surface area contributed by atoms with Crippen LogP contribution in [0.3, 0.4) is 0 Å². The van der Waals surface area contributed by atoms with Crippen LogP contribution in [0.5, 0.6) is 0 Å². The summed E-state index contributed by atoms with van der Waals surface area (Å²) in [5.74, 6) is 0.161. The molecular formula is C16H12N2O2S. The fraction of sp³-hybridized carbons (Fsp3) is 0.0625. The third-order valence-electron chi connectivity index (χ3n) is 3.02. The average molecular weight is 296 g/mol. The molecule has 104 valence electrons. The first-order chi connectivity index (χ1) is 10.1. The lowest BCUT2D eigenvalue weighted by Gasteiger charge is -2.05. The van der Waals surface area contributed by atoms with Crippen molar-refractivity contribution in [2.45, 2.75) is 6.92 Å². The molecule has 0 unspecified atom stereocenters. The fourth-order valence-electron chi connectivity index (χ4n) is 2.04. The van der Waals surface area contributed by atoms with Crippen LogP contribution in [0.4, 0.5) is 5.82 Å². The van der Waals surface area contributed by atoms with E-state index < -0.39 is 0 Å². The standard InChI is InChI=1S/C16H12N2O2S/c1-10-5-4-8-14(17-10)18-15(19)13-9-11-6-2-3-7-12(11)16(20)21-13/h2-9H,1H3,(H,17,18,19). The van der Waals surface area contributed by atoms with E-state index in [2.05, 4.69) is 10.3 Å². The zero-order valence-electron chi connectivity index (χ0n) is 11.3. The molecule has 0 bridgehead atoms. The highest BCUT2D eigenvalue weighted by Crippen LogP contribution is 2.16. The molecule has 0 fully saturated rings. The molecule has 0 saturated heterocycles. The zero-order chi connectivity index (χ0) is 14.8. The van der Waals surface area contributed by atoms with Crippen LogP contribution in [0.1, 0.15) is 15.4 Å². The highest BCUT2D eigenvalue weighted by atomic mass is 32.1. The molecule has 0 aliphatic heterocycles. The summed E-state index contributed by atoms with van der Waals surface area (Å²) in [6, 6.07) is 14.4. The van der Waals surface area contributed by atoms with E-state index in [0.29, 0.717) is 16.1 Å². The minimum Gasteiger partial charge on any atom is -0.306 e. The fourth-order valence-corrected chi connectivity index (χ4v) is 2.86. The number of aromatic nitrogens is 1. The highest BCUT2D eigenvalue weighted by Gasteiger charge is 2.11. The molecule has 21 heavy (non-hydrogen) atoms. The highest BCUT2D eigenvalue weighted by molar-refractivity contribution is 7.12. The Kier molecular flexibility index (Phi) is 3.50. The number of hydrogen-bond acceptors (Lipinski definition) is 4. The molecule has 5 heteroatoms. The predicted molar refractivity (Wildman–Crippen MR) is 85.0 cm³/mol. The van der Waals surface area contributed by atoms with E-state index in [9.17, 15) is 9.59 Å². The SMILES string of the molecule is Cc1cccc(NC(=O)c2cc3ccccc3c(=O)s2)n1. The number of carbonyl (C=O) groups excluding carboxylic acids is 1. The second-order valence-electron chi connectivity index (χ2n) is 4.60. The number of rotatable bonds is 2. The van der Waals surface area contributed by atoms with Gasteiger partial charge in [0.05, 0.1) is 4.88 Å². The molecule has 3 rings (SSSR count). The van der Waals surface area contributed by atoms with Crippen molar-refractivity contribution in [1.29, 1.82) is 0 Å². The zero-order valence-corrected chi connectivity index (χ0v) is 12.1. The van der Waals surface area contributed by atoms with E-state index in [1.54, 1.807) is 18.2 Å². The number of aryl methyl sites for hydroxylation is 1. The van der Waals surface area contributed by atoms with Crippen molar-refractivity contribution in [3.63, 3.8) is 0 Å². The van der Waals surface area contributed by atoms with Gasteiger partial charge in [-0.1, -0.05) is 35.6 Å². The molecule has 4 nitrogen and oxygen atoms in total. The summed E-state index contributed by atoms with van der Waals surface area (Å²) in [5, 5.41) is 4.11. The van der Waals surface area contributed by atoms with Crippen LogP contribution in [0, 0.1) is 6.92 Å². The van der Waals surface area contributed by atoms with Gasteiger partial charge in [0.1, 0.15) is 5.82 Å². The number of fused-ring (bicyclic) bond motifs is 1. The second kappa shape index (κ2) is 5.46. The summed E-state index contributed by atoms with van der Waals surface area (Å²) in [6.07, 6.45) is 0. The van der Waals surface area contributed by atoms with Gasteiger partial charge in [-0.2, -0.15) is 0 Å². The van der Waals surface area contributed by atoms with Gasteiger partial charge in [0.25, 0.3) is 5.91 Å². The summed E-state index contributed by atoms with van der Waals surface area (Å²) < 4.78 is -0.115. The number of benzene rings is 1. The van der Waals surface area contributed by atoms with Gasteiger partial charge in [0.15, 0.2) is 0 Å². The molecule has 0 saturated carbocycles. The molecular weight excluding hydrogens is 284 g/mol. The Morgan fingerprint density at radius 3 is 2.76 bits per heavy atom. The first-order valence-corrected chi connectivity index (χ1v) is 7.23. The van der Waals surface area contributed by atoms with Crippen LogP contribution >= 0.6 is 11.3 Å². The molecule has 0 aliphatic carbocycles. The monoisotopic (exact) mass is 296 g/mol. The maximum absolute atomic E-state index is 12.2. The number of amides is 1. The van der Waals surface area contributed by atoms with Gasteiger partial charge < -0.3 is 5.32 Å². The van der Waals surface area contributed by atoms with E-state index in [1.807, 2.05) is 37.3 Å². The first kappa shape index (κ1) is 13.5. The maximum atomic E-state index is 12.2. The summed E-state index contributed by atoms with van der Waals surface area (Å²) in [7, 11) is 0. The number of pyridine rings is 1. The van der Waals surface area contributed by atoms with Gasteiger partial charge >= 0.3 is 0 Å². The summed E-state index contributed by atoms with van der Waals surface area (Å²) in [6.45, 7) is 1.85. The van der Waals surface area contributed by atoms with E-state index in [1.165, 1.54) is 0 Å². The summed E-state index contributed by atoms with van der Waals surface area (Å²) in [4.78, 5) is 28.9. The molecule has 0 aliphatic rings. The lowest BCUT2D eigenvalue weighted by molar-refractivity contribution is 0.103. The average Bonchev–Trinajstić information content (AvgIpc) is 2.47. The molecule has 0 spiro atoms. The van der Waals surface area contributed by atoms with Gasteiger partial charge in [-0.3, -0.25) is 9.59 Å². The van der Waals surface area contributed by atoms with E-state index >= 15 is 0 Å². The Balaban J connectivity index is 1.96. The Bertz CT molecular complexity index is 887. The third kappa shape index (κ3) is 2.83. The molecule has 1 N–H and O–H groups in total. The molecule has 2 aromatic heterocycles. The Morgan fingerprint density at radius 1 is 1.14 bits per heavy atom. The Labute approximate surface area is 125 Å². The van der Waals surface area contributed by atoms with Crippen LogP contribution in [-0.2, 0) is 0 Å². The van der Waals surface area contributed by atoms with E-state index in [4.69, 9.17) is 0 Å². The quantitative estimate of drug-likeness (QED) is 0.790. The molecule has 0 atom stereocenters. The second-order valence-corrected chi connectivity index (χ2v) is 5.62. The van der Waals surface area contributed by atoms with Crippen molar-refractivity contribution >= 4 is 33.8 Å². The van der Waals surface area contributed by atoms with E-state index in [-0.39, 0.29) is 10.6 Å². The van der Waals surface area contributed by atoms with Crippen molar-refractivity contribution < 1.29 is 4.79 Å². The van der Waals surface area contributed by atoms with Gasteiger partial charge in [0, 0.05) is 11.1 Å². The molecule has 1 amide bonds. The third-order valence-corrected chi connectivity index (χ3v) is 3.95. The summed E-state index contributed by atoms with van der Waals surface area (Å²) >= 11 is 0.943. The van der Waals surface area contributed by atoms with Gasteiger partial charge in [-0.05, 0) is 36.6 Å². The maximum Gasteiger partial charge on any atom is 0.267 e. The topological polar surface area (TPSA) is 59.1 Å². The normalized spacial score (nSPS) is 10.5. The van der Waals surface area contributed by atoms with Crippen molar-refractivity contribution in [3.8, 4) is 0 Å². The van der Waals surface area contributed by atoms with Crippen LogP contribution in [0.15, 0.2) is 53.3 Å². The van der Waals surface area contributed by atoms with Crippen LogP contribution < -0.4 is 10.1 Å². The number of carbonyl (C=O) groups is 1. The number of anilines is 1. The lowest BCUT2D eigenvalue weighted by atomic mass is 10.2. The minimum atomic E-state index is -0.319. The molecule has 3 aromatic rings. The van der Waals surface area contributed by atoms with Crippen LogP contribution in [0.2, 0.25) is 0 Å². The summed E-state index contributed by atoms with van der Waals surface area (Å²) in [5.41, 5.74) is 0.819. The smallest absolute Gasteiger partial charge is 0.267 e. The van der Waals surface area contributed by atoms with Crippen LogP contribution in [-0.4, -0.2) is 10.9 Å². The predicted octanol–water partition coefficient (Wildman–Crippen LogP) is 3.22. The number of nitrogens with zero attached hydrogens (tertiary/aromatic N) is 1. The van der Waals surface area contributed by atoms with Crippen molar-refractivity contribution in [1.82, 2.24) is 4.98 Å². The Hall–Kier alpha value is -2.53.